The van der Waals surface area contributed by atoms with Gasteiger partial charge in [-0.2, -0.15) is 0 Å². The van der Waals surface area contributed by atoms with Crippen LogP contribution < -0.4 is 10.6 Å². The van der Waals surface area contributed by atoms with Gasteiger partial charge >= 0.3 is 0 Å². The number of hydrogen-bond acceptors (Lipinski definition) is 4. The Morgan fingerprint density at radius 2 is 2.10 bits per heavy atom. The molecule has 2 heterocycles. The van der Waals surface area contributed by atoms with Crippen molar-refractivity contribution in [2.75, 3.05) is 25.1 Å². The normalized spacial score (nSPS) is 18.8. The van der Waals surface area contributed by atoms with Crippen LogP contribution in [0.15, 0.2) is 27.8 Å². The molecule has 0 saturated carbocycles. The van der Waals surface area contributed by atoms with Crippen LogP contribution in [-0.2, 0) is 16.4 Å². The van der Waals surface area contributed by atoms with Crippen LogP contribution in [0.5, 0.6) is 0 Å². The monoisotopic (exact) mass is 427 g/mol. The minimum absolute atomic E-state index is 0. The van der Waals surface area contributed by atoms with Crippen molar-refractivity contribution in [1.29, 1.82) is 0 Å². The molecule has 1 fully saturated rings. The maximum absolute atomic E-state index is 11.4. The molecule has 120 valence electrons. The Kier molecular flexibility index (Phi) is 7.50. The van der Waals surface area contributed by atoms with Gasteiger partial charge in [0.2, 0.25) is 0 Å². The molecule has 21 heavy (non-hydrogen) atoms. The van der Waals surface area contributed by atoms with Gasteiger partial charge in [0.1, 0.15) is 15.6 Å². The largest absolute Gasteiger partial charge is 0.467 e. The first kappa shape index (κ1) is 18.3. The predicted molar refractivity (Wildman–Crippen MR) is 93.7 cm³/mol. The van der Waals surface area contributed by atoms with Crippen LogP contribution in [0, 0.1) is 5.92 Å². The van der Waals surface area contributed by atoms with E-state index in [0.29, 0.717) is 29.9 Å². The molecule has 0 radical (unpaired) electrons. The summed E-state index contributed by atoms with van der Waals surface area (Å²) in [4.78, 5) is 4.13. The molecule has 1 saturated heterocycles. The zero-order valence-corrected chi connectivity index (χ0v) is 15.2. The first-order valence-corrected chi connectivity index (χ1v) is 8.58. The van der Waals surface area contributed by atoms with E-state index in [1.54, 1.807) is 13.3 Å². The molecule has 1 aliphatic rings. The molecule has 0 spiro atoms. The number of aliphatic imine (C=N–C) groups is 1. The maximum atomic E-state index is 11.4. The topological polar surface area (TPSA) is 83.7 Å². The molecular weight excluding hydrogens is 405 g/mol. The number of rotatable bonds is 4. The molecule has 2 N–H and O–H groups in total. The predicted octanol–water partition coefficient (Wildman–Crippen LogP) is 1.39. The maximum Gasteiger partial charge on any atom is 0.191 e. The molecular formula is C13H22IN3O3S. The van der Waals surface area contributed by atoms with Gasteiger partial charge in [-0.1, -0.05) is 0 Å². The van der Waals surface area contributed by atoms with Crippen LogP contribution in [0.4, 0.5) is 0 Å². The quantitative estimate of drug-likeness (QED) is 0.431. The SMILES string of the molecule is CN=C(NCc1ccco1)NCC1CCS(=O)(=O)CC1.I. The number of nitrogens with zero attached hydrogens (tertiary/aromatic N) is 1. The van der Waals surface area contributed by atoms with E-state index in [2.05, 4.69) is 15.6 Å². The average Bonchev–Trinajstić information content (AvgIpc) is 2.93. The van der Waals surface area contributed by atoms with Crippen molar-refractivity contribution in [2.45, 2.75) is 19.4 Å². The van der Waals surface area contributed by atoms with Gasteiger partial charge in [-0.15, -0.1) is 24.0 Å². The molecule has 1 aromatic rings. The summed E-state index contributed by atoms with van der Waals surface area (Å²) in [6.07, 6.45) is 3.09. The van der Waals surface area contributed by atoms with Gasteiger partial charge in [0.25, 0.3) is 0 Å². The molecule has 0 bridgehead atoms. The van der Waals surface area contributed by atoms with Gasteiger partial charge in [-0.05, 0) is 30.9 Å². The van der Waals surface area contributed by atoms with Crippen LogP contribution in [0.2, 0.25) is 0 Å². The molecule has 6 nitrogen and oxygen atoms in total. The van der Waals surface area contributed by atoms with Gasteiger partial charge < -0.3 is 15.1 Å². The van der Waals surface area contributed by atoms with Crippen molar-refractivity contribution in [3.05, 3.63) is 24.2 Å². The van der Waals surface area contributed by atoms with Gasteiger partial charge in [-0.3, -0.25) is 4.99 Å². The lowest BCUT2D eigenvalue weighted by molar-refractivity contribution is 0.455. The zero-order chi connectivity index (χ0) is 14.4. The Hall–Kier alpha value is -0.770. The summed E-state index contributed by atoms with van der Waals surface area (Å²) in [5.74, 6) is 2.54. The Bertz CT molecular complexity index is 529. The number of nitrogens with one attached hydrogen (secondary N) is 2. The lowest BCUT2D eigenvalue weighted by Gasteiger charge is -2.23. The third kappa shape index (κ3) is 6.25. The lowest BCUT2D eigenvalue weighted by Crippen LogP contribution is -2.40. The number of furan rings is 1. The van der Waals surface area contributed by atoms with E-state index in [9.17, 15) is 8.42 Å². The van der Waals surface area contributed by atoms with Gasteiger partial charge in [0.15, 0.2) is 5.96 Å². The van der Waals surface area contributed by atoms with E-state index in [1.165, 1.54) is 0 Å². The summed E-state index contributed by atoms with van der Waals surface area (Å²) in [5, 5.41) is 6.39. The van der Waals surface area contributed by atoms with Crippen molar-refractivity contribution < 1.29 is 12.8 Å². The summed E-state index contributed by atoms with van der Waals surface area (Å²) in [6, 6.07) is 3.74. The number of halogens is 1. The molecule has 0 atom stereocenters. The van der Waals surface area contributed by atoms with Crippen molar-refractivity contribution in [3.63, 3.8) is 0 Å². The summed E-state index contributed by atoms with van der Waals surface area (Å²) < 4.78 is 27.9. The van der Waals surface area contributed by atoms with Gasteiger partial charge in [-0.25, -0.2) is 8.42 Å². The first-order chi connectivity index (χ1) is 9.59. The molecule has 0 amide bonds. The van der Waals surface area contributed by atoms with Crippen LogP contribution in [-0.4, -0.2) is 39.5 Å². The third-order valence-electron chi connectivity index (χ3n) is 3.47. The van der Waals surface area contributed by atoms with Crippen molar-refractivity contribution in [3.8, 4) is 0 Å². The van der Waals surface area contributed by atoms with E-state index in [4.69, 9.17) is 4.42 Å². The molecule has 1 aromatic heterocycles. The van der Waals surface area contributed by atoms with E-state index in [0.717, 1.165) is 25.1 Å². The molecule has 0 aliphatic carbocycles. The highest BCUT2D eigenvalue weighted by molar-refractivity contribution is 14.0. The minimum Gasteiger partial charge on any atom is -0.467 e. The summed E-state index contributed by atoms with van der Waals surface area (Å²) in [7, 11) is -1.07. The van der Waals surface area contributed by atoms with Crippen LogP contribution in [0.1, 0.15) is 18.6 Å². The summed E-state index contributed by atoms with van der Waals surface area (Å²) >= 11 is 0. The Morgan fingerprint density at radius 1 is 1.38 bits per heavy atom. The van der Waals surface area contributed by atoms with Crippen molar-refractivity contribution in [1.82, 2.24) is 10.6 Å². The molecule has 8 heteroatoms. The fourth-order valence-corrected chi connectivity index (χ4v) is 3.78. The van der Waals surface area contributed by atoms with Gasteiger partial charge in [0.05, 0.1) is 24.3 Å². The van der Waals surface area contributed by atoms with Crippen molar-refractivity contribution >= 4 is 39.8 Å². The molecule has 2 rings (SSSR count). The fraction of sp³-hybridized carbons (Fsp3) is 0.615. The Labute approximate surface area is 142 Å². The highest BCUT2D eigenvalue weighted by Crippen LogP contribution is 2.17. The highest BCUT2D eigenvalue weighted by atomic mass is 127. The number of hydrogen-bond donors (Lipinski definition) is 2. The fourth-order valence-electron chi connectivity index (χ4n) is 2.19. The van der Waals surface area contributed by atoms with E-state index >= 15 is 0 Å². The first-order valence-electron chi connectivity index (χ1n) is 6.76. The number of guanidine groups is 1. The van der Waals surface area contributed by atoms with E-state index < -0.39 is 9.84 Å². The second-order valence-corrected chi connectivity index (χ2v) is 7.28. The second-order valence-electron chi connectivity index (χ2n) is 4.98. The van der Waals surface area contributed by atoms with Crippen molar-refractivity contribution in [2.24, 2.45) is 10.9 Å². The minimum atomic E-state index is -2.79. The third-order valence-corrected chi connectivity index (χ3v) is 5.18. The van der Waals surface area contributed by atoms with Crippen LogP contribution in [0.25, 0.3) is 0 Å². The average molecular weight is 427 g/mol. The lowest BCUT2D eigenvalue weighted by atomic mass is 10.0. The van der Waals surface area contributed by atoms with Crippen LogP contribution in [0.3, 0.4) is 0 Å². The zero-order valence-electron chi connectivity index (χ0n) is 12.0. The van der Waals surface area contributed by atoms with E-state index in [1.807, 2.05) is 12.1 Å². The van der Waals surface area contributed by atoms with Gasteiger partial charge in [0, 0.05) is 13.6 Å². The van der Waals surface area contributed by atoms with E-state index in [-0.39, 0.29) is 24.0 Å². The Balaban J connectivity index is 0.00000220. The molecule has 0 unspecified atom stereocenters. The standard InChI is InChI=1S/C13H21N3O3S.HI/c1-14-13(16-10-12-3-2-6-19-12)15-9-11-4-7-20(17,18)8-5-11;/h2-3,6,11H,4-5,7-10H2,1H3,(H2,14,15,16);1H. The summed E-state index contributed by atoms with van der Waals surface area (Å²) in [6.45, 7) is 1.32. The highest BCUT2D eigenvalue weighted by Gasteiger charge is 2.23. The number of sulfone groups is 1. The molecule has 0 aromatic carbocycles. The summed E-state index contributed by atoms with van der Waals surface area (Å²) in [5.41, 5.74) is 0. The smallest absolute Gasteiger partial charge is 0.191 e. The van der Waals surface area contributed by atoms with Crippen LogP contribution >= 0.6 is 24.0 Å². The molecule has 1 aliphatic heterocycles. The second kappa shape index (κ2) is 8.62. The Morgan fingerprint density at radius 3 is 2.67 bits per heavy atom.